The number of allylic oxidation sites excluding steroid dienone is 2. The van der Waals surface area contributed by atoms with E-state index in [1.807, 2.05) is 41.3 Å². The van der Waals surface area contributed by atoms with Crippen molar-refractivity contribution in [3.05, 3.63) is 58.5 Å². The zero-order valence-corrected chi connectivity index (χ0v) is 15.5. The van der Waals surface area contributed by atoms with Gasteiger partial charge in [0.1, 0.15) is 11.5 Å². The molecule has 1 aliphatic rings. The Balaban J connectivity index is 2.15. The van der Waals surface area contributed by atoms with Crippen LogP contribution >= 0.6 is 34.4 Å². The molecule has 0 atom stereocenters. The summed E-state index contributed by atoms with van der Waals surface area (Å²) in [6, 6.07) is 8.21. The van der Waals surface area contributed by atoms with Gasteiger partial charge in [-0.05, 0) is 41.8 Å². The molecule has 23 heavy (non-hydrogen) atoms. The zero-order chi connectivity index (χ0) is 16.1. The molecule has 3 heterocycles. The van der Waals surface area contributed by atoms with Crippen molar-refractivity contribution in [3.63, 3.8) is 0 Å². The van der Waals surface area contributed by atoms with Gasteiger partial charge in [0.25, 0.3) is 0 Å². The molecule has 3 rings (SSSR count). The van der Waals surface area contributed by atoms with Crippen molar-refractivity contribution in [2.24, 2.45) is 0 Å². The molecule has 0 spiro atoms. The molecule has 0 aliphatic carbocycles. The van der Waals surface area contributed by atoms with E-state index in [1.165, 1.54) is 19.2 Å². The van der Waals surface area contributed by atoms with Crippen LogP contribution in [-0.4, -0.2) is 20.0 Å². The van der Waals surface area contributed by atoms with Crippen LogP contribution in [0.1, 0.15) is 4.88 Å². The Bertz CT molecular complexity index is 798. The molecule has 0 unspecified atom stereocenters. The molecule has 0 bridgehead atoms. The van der Waals surface area contributed by atoms with Gasteiger partial charge in [0.2, 0.25) is 0 Å². The summed E-state index contributed by atoms with van der Waals surface area (Å²) in [6.07, 6.45) is 7.27. The summed E-state index contributed by atoms with van der Waals surface area (Å²) in [5.41, 5.74) is 0. The average Bonchev–Trinajstić information content (AvgIpc) is 2.96. The minimum Gasteiger partial charge on any atom is -0.497 e. The van der Waals surface area contributed by atoms with E-state index in [0.29, 0.717) is 0 Å². The number of thioether (sulfide) groups is 1. The van der Waals surface area contributed by atoms with E-state index in [9.17, 15) is 0 Å². The SMILES string of the molecule is COC1=C/Cc2sc3ccc(OC)cccsc3c2SC/C=C\1. The van der Waals surface area contributed by atoms with Gasteiger partial charge >= 0.3 is 0 Å². The lowest BCUT2D eigenvalue weighted by molar-refractivity contribution is 0.305. The Morgan fingerprint density at radius 1 is 1.09 bits per heavy atom. The maximum atomic E-state index is 5.40. The third-order valence-corrected chi connectivity index (χ3v) is 7.02. The van der Waals surface area contributed by atoms with Crippen LogP contribution in [0.4, 0.5) is 0 Å². The van der Waals surface area contributed by atoms with Crippen LogP contribution in [0.2, 0.25) is 0 Å². The molecule has 120 valence electrons. The molecule has 2 nitrogen and oxygen atoms in total. The van der Waals surface area contributed by atoms with E-state index in [1.54, 1.807) is 25.6 Å². The summed E-state index contributed by atoms with van der Waals surface area (Å²) < 4.78 is 13.4. The van der Waals surface area contributed by atoms with Crippen molar-refractivity contribution in [3.8, 4) is 5.75 Å². The lowest BCUT2D eigenvalue weighted by atomic mass is 10.3. The number of ether oxygens (including phenoxy) is 2. The van der Waals surface area contributed by atoms with Gasteiger partial charge in [-0.3, -0.25) is 0 Å². The molecule has 0 radical (unpaired) electrons. The molecule has 0 N–H and O–H groups in total. The molecule has 0 aromatic carbocycles. The highest BCUT2D eigenvalue weighted by Crippen LogP contribution is 2.40. The molecule has 2 aromatic rings. The van der Waals surface area contributed by atoms with Crippen LogP contribution in [0.15, 0.2) is 58.5 Å². The standard InChI is InChI=1S/C18H18O2S3/c1-19-13-5-3-11-21-17-15(9-7-13)23-16-10-8-14(20-2)6-4-12-22-18(16)17/h3-9,11H,10,12H2,1-2H3/b6-4-,9-7?,11-3?,13-5?,14-8+. The summed E-state index contributed by atoms with van der Waals surface area (Å²) in [5.74, 6) is 2.75. The lowest BCUT2D eigenvalue weighted by Gasteiger charge is -1.99. The van der Waals surface area contributed by atoms with Gasteiger partial charge in [-0.25, -0.2) is 0 Å². The first-order chi connectivity index (χ1) is 11.3. The maximum absolute atomic E-state index is 5.40. The van der Waals surface area contributed by atoms with Crippen LogP contribution in [0.3, 0.4) is 0 Å². The van der Waals surface area contributed by atoms with Crippen molar-refractivity contribution in [1.29, 1.82) is 0 Å². The Hall–Kier alpha value is -1.43. The third kappa shape index (κ3) is 3.91. The van der Waals surface area contributed by atoms with Gasteiger partial charge in [-0.1, -0.05) is 6.08 Å². The van der Waals surface area contributed by atoms with Crippen LogP contribution in [0.25, 0.3) is 9.40 Å². The van der Waals surface area contributed by atoms with Gasteiger partial charge in [0, 0.05) is 26.6 Å². The summed E-state index contributed by atoms with van der Waals surface area (Å²) in [4.78, 5) is 2.79. The van der Waals surface area contributed by atoms with Gasteiger partial charge in [-0.2, -0.15) is 0 Å². The summed E-state index contributed by atoms with van der Waals surface area (Å²) >= 11 is 5.53. The third-order valence-electron chi connectivity index (χ3n) is 3.41. The molecular formula is C18H18O2S3. The number of methoxy groups -OCH3 is 2. The van der Waals surface area contributed by atoms with E-state index >= 15 is 0 Å². The fraction of sp³-hybridized carbons (Fsp3) is 0.222. The van der Waals surface area contributed by atoms with Crippen molar-refractivity contribution in [2.75, 3.05) is 20.0 Å². The predicted octanol–water partition coefficient (Wildman–Crippen LogP) is 5.83. The smallest absolute Gasteiger partial charge is 0.118 e. The van der Waals surface area contributed by atoms with Crippen LogP contribution < -0.4 is 4.74 Å². The first-order valence-corrected chi connectivity index (χ1v) is 9.94. The Morgan fingerprint density at radius 3 is 2.83 bits per heavy atom. The zero-order valence-electron chi connectivity index (χ0n) is 13.1. The number of fused-ring (bicyclic) bond motifs is 3. The van der Waals surface area contributed by atoms with Crippen LogP contribution in [-0.2, 0) is 11.2 Å². The molecule has 2 aromatic heterocycles. The molecule has 0 saturated heterocycles. The normalized spacial score (nSPS) is 17.7. The summed E-state index contributed by atoms with van der Waals surface area (Å²) in [5, 5.41) is 2.12. The lowest BCUT2D eigenvalue weighted by Crippen LogP contribution is -1.83. The Morgan fingerprint density at radius 2 is 2.00 bits per heavy atom. The van der Waals surface area contributed by atoms with Crippen molar-refractivity contribution < 1.29 is 9.47 Å². The average molecular weight is 363 g/mol. The fourth-order valence-electron chi connectivity index (χ4n) is 2.26. The van der Waals surface area contributed by atoms with Crippen molar-refractivity contribution in [1.82, 2.24) is 0 Å². The van der Waals surface area contributed by atoms with Crippen LogP contribution in [0.5, 0.6) is 5.75 Å². The minimum absolute atomic E-state index is 0.865. The Labute approximate surface area is 148 Å². The number of thiophene rings is 1. The van der Waals surface area contributed by atoms with Gasteiger partial charge in [0.15, 0.2) is 0 Å². The number of hydrogen-bond donors (Lipinski definition) is 0. The molecule has 0 amide bonds. The number of rotatable bonds is 2. The largest absolute Gasteiger partial charge is 0.497 e. The molecule has 0 fully saturated rings. The fourth-order valence-corrected chi connectivity index (χ4v) is 5.80. The monoisotopic (exact) mass is 362 g/mol. The quantitative estimate of drug-likeness (QED) is 0.669. The van der Waals surface area contributed by atoms with Gasteiger partial charge in [-0.15, -0.1) is 34.4 Å². The van der Waals surface area contributed by atoms with Crippen molar-refractivity contribution in [2.45, 2.75) is 11.3 Å². The molecule has 5 heteroatoms. The van der Waals surface area contributed by atoms with E-state index in [-0.39, 0.29) is 0 Å². The molecule has 0 saturated carbocycles. The van der Waals surface area contributed by atoms with Crippen molar-refractivity contribution >= 4 is 43.8 Å². The van der Waals surface area contributed by atoms with E-state index in [0.717, 1.165) is 23.7 Å². The topological polar surface area (TPSA) is 18.5 Å². The summed E-state index contributed by atoms with van der Waals surface area (Å²) in [6.45, 7) is 0. The summed E-state index contributed by atoms with van der Waals surface area (Å²) in [7, 11) is 3.42. The second kappa shape index (κ2) is 7.90. The van der Waals surface area contributed by atoms with Crippen LogP contribution in [0, 0.1) is 0 Å². The predicted molar refractivity (Wildman–Crippen MR) is 103 cm³/mol. The van der Waals surface area contributed by atoms with E-state index in [4.69, 9.17) is 9.47 Å². The highest BCUT2D eigenvalue weighted by Gasteiger charge is 2.12. The first kappa shape index (κ1) is 16.4. The highest BCUT2D eigenvalue weighted by atomic mass is 32.2. The molecular weight excluding hydrogens is 344 g/mol. The first-order valence-electron chi connectivity index (χ1n) is 7.26. The Kier molecular flexibility index (Phi) is 5.65. The van der Waals surface area contributed by atoms with E-state index < -0.39 is 0 Å². The van der Waals surface area contributed by atoms with Gasteiger partial charge in [0.05, 0.1) is 18.9 Å². The second-order valence-electron chi connectivity index (χ2n) is 4.83. The van der Waals surface area contributed by atoms with Gasteiger partial charge < -0.3 is 9.47 Å². The molecule has 1 aliphatic heterocycles. The highest BCUT2D eigenvalue weighted by molar-refractivity contribution is 8.00. The number of hydrogen-bond acceptors (Lipinski definition) is 5. The minimum atomic E-state index is 0.865. The van der Waals surface area contributed by atoms with E-state index in [2.05, 4.69) is 29.7 Å². The second-order valence-corrected chi connectivity index (χ2v) is 7.91. The maximum Gasteiger partial charge on any atom is 0.118 e.